The maximum Gasteiger partial charge on any atom is 0.230 e. The number of nitrogens with zero attached hydrogens (tertiary/aromatic N) is 1. The summed E-state index contributed by atoms with van der Waals surface area (Å²) in [6.45, 7) is 3.69. The third kappa shape index (κ3) is 2.22. The van der Waals surface area contributed by atoms with Crippen LogP contribution in [0.2, 0.25) is 0 Å². The molecule has 1 aromatic rings. The van der Waals surface area contributed by atoms with Crippen LogP contribution in [-0.2, 0) is 11.3 Å². The molecule has 2 N–H and O–H groups in total. The van der Waals surface area contributed by atoms with Gasteiger partial charge in [0.2, 0.25) is 5.91 Å². The van der Waals surface area contributed by atoms with Crippen LogP contribution in [0.25, 0.3) is 0 Å². The van der Waals surface area contributed by atoms with Crippen molar-refractivity contribution in [3.63, 3.8) is 0 Å². The zero-order valence-corrected chi connectivity index (χ0v) is 10.3. The Morgan fingerprint density at radius 3 is 2.76 bits per heavy atom. The average molecular weight is 236 g/mol. The van der Waals surface area contributed by atoms with Gasteiger partial charge < -0.3 is 15.1 Å². The fourth-order valence-electron chi connectivity index (χ4n) is 2.36. The van der Waals surface area contributed by atoms with E-state index in [1.54, 1.807) is 6.26 Å². The van der Waals surface area contributed by atoms with Crippen molar-refractivity contribution in [2.24, 2.45) is 11.1 Å². The molecule has 0 aliphatic heterocycles. The zero-order chi connectivity index (χ0) is 12.3. The minimum atomic E-state index is -0.289. The van der Waals surface area contributed by atoms with Crippen molar-refractivity contribution < 1.29 is 9.21 Å². The van der Waals surface area contributed by atoms with Crippen molar-refractivity contribution in [3.05, 3.63) is 24.2 Å². The van der Waals surface area contributed by atoms with E-state index in [1.807, 2.05) is 24.0 Å². The monoisotopic (exact) mass is 236 g/mol. The number of carbonyl (C=O) groups excluding carboxylic acids is 1. The van der Waals surface area contributed by atoms with Crippen LogP contribution >= 0.6 is 0 Å². The molecule has 94 valence electrons. The minimum absolute atomic E-state index is 0.185. The molecule has 1 fully saturated rings. The second-order valence-electron chi connectivity index (χ2n) is 4.74. The first-order chi connectivity index (χ1) is 8.22. The van der Waals surface area contributed by atoms with Crippen molar-refractivity contribution >= 4 is 5.91 Å². The summed E-state index contributed by atoms with van der Waals surface area (Å²) < 4.78 is 5.29. The smallest absolute Gasteiger partial charge is 0.230 e. The SMILES string of the molecule is CCN(Cc1ccco1)C(=O)C1(CN)CCC1. The number of carbonyl (C=O) groups is 1. The van der Waals surface area contributed by atoms with Gasteiger partial charge in [0.25, 0.3) is 0 Å². The van der Waals surface area contributed by atoms with Gasteiger partial charge in [-0.15, -0.1) is 0 Å². The zero-order valence-electron chi connectivity index (χ0n) is 10.3. The number of amides is 1. The van der Waals surface area contributed by atoms with Crippen LogP contribution in [0.3, 0.4) is 0 Å². The van der Waals surface area contributed by atoms with Crippen LogP contribution in [-0.4, -0.2) is 23.9 Å². The molecular weight excluding hydrogens is 216 g/mol. The van der Waals surface area contributed by atoms with Crippen molar-refractivity contribution in [2.75, 3.05) is 13.1 Å². The summed E-state index contributed by atoms with van der Waals surface area (Å²) >= 11 is 0. The second kappa shape index (κ2) is 4.92. The number of rotatable bonds is 5. The van der Waals surface area contributed by atoms with Crippen LogP contribution in [0.5, 0.6) is 0 Å². The minimum Gasteiger partial charge on any atom is -0.467 e. The van der Waals surface area contributed by atoms with Gasteiger partial charge in [0.15, 0.2) is 0 Å². The normalized spacial score (nSPS) is 17.5. The Hall–Kier alpha value is -1.29. The van der Waals surface area contributed by atoms with E-state index < -0.39 is 0 Å². The van der Waals surface area contributed by atoms with Crippen molar-refractivity contribution in [1.82, 2.24) is 4.90 Å². The Kier molecular flexibility index (Phi) is 3.52. The molecule has 2 rings (SSSR count). The molecule has 0 saturated heterocycles. The van der Waals surface area contributed by atoms with E-state index in [0.29, 0.717) is 19.6 Å². The number of nitrogens with two attached hydrogens (primary N) is 1. The molecule has 4 nitrogen and oxygen atoms in total. The molecule has 1 heterocycles. The second-order valence-corrected chi connectivity index (χ2v) is 4.74. The molecule has 1 aliphatic carbocycles. The third-order valence-electron chi connectivity index (χ3n) is 3.75. The molecule has 0 atom stereocenters. The van der Waals surface area contributed by atoms with Gasteiger partial charge in [0.1, 0.15) is 5.76 Å². The fourth-order valence-corrected chi connectivity index (χ4v) is 2.36. The Morgan fingerprint density at radius 1 is 1.59 bits per heavy atom. The first-order valence-corrected chi connectivity index (χ1v) is 6.23. The maximum absolute atomic E-state index is 12.4. The Labute approximate surface area is 102 Å². The number of hydrogen-bond donors (Lipinski definition) is 1. The lowest BCUT2D eigenvalue weighted by Gasteiger charge is -2.42. The summed E-state index contributed by atoms with van der Waals surface area (Å²) in [5.41, 5.74) is 5.48. The van der Waals surface area contributed by atoms with Crippen molar-refractivity contribution in [2.45, 2.75) is 32.7 Å². The van der Waals surface area contributed by atoms with Gasteiger partial charge in [0, 0.05) is 13.1 Å². The highest BCUT2D eigenvalue weighted by atomic mass is 16.3. The van der Waals surface area contributed by atoms with Gasteiger partial charge >= 0.3 is 0 Å². The highest BCUT2D eigenvalue weighted by Crippen LogP contribution is 2.41. The van der Waals surface area contributed by atoms with Gasteiger partial charge in [-0.1, -0.05) is 6.42 Å². The average Bonchev–Trinajstić information content (AvgIpc) is 2.77. The van der Waals surface area contributed by atoms with E-state index in [0.717, 1.165) is 25.0 Å². The van der Waals surface area contributed by atoms with Gasteiger partial charge in [-0.05, 0) is 31.9 Å². The molecule has 0 radical (unpaired) electrons. The lowest BCUT2D eigenvalue weighted by molar-refractivity contribution is -0.147. The van der Waals surface area contributed by atoms with Gasteiger partial charge in [-0.2, -0.15) is 0 Å². The van der Waals surface area contributed by atoms with Gasteiger partial charge in [0.05, 0.1) is 18.2 Å². The summed E-state index contributed by atoms with van der Waals surface area (Å²) in [6, 6.07) is 3.74. The van der Waals surface area contributed by atoms with Crippen LogP contribution in [0.15, 0.2) is 22.8 Å². The molecule has 0 bridgehead atoms. The number of hydrogen-bond acceptors (Lipinski definition) is 3. The largest absolute Gasteiger partial charge is 0.467 e. The number of furan rings is 1. The maximum atomic E-state index is 12.4. The lowest BCUT2D eigenvalue weighted by Crippen LogP contribution is -2.51. The van der Waals surface area contributed by atoms with Crippen LogP contribution in [0, 0.1) is 5.41 Å². The summed E-state index contributed by atoms with van der Waals surface area (Å²) in [6.07, 6.45) is 4.60. The molecular formula is C13H20N2O2. The van der Waals surface area contributed by atoms with E-state index in [2.05, 4.69) is 0 Å². The Bertz CT molecular complexity index is 363. The molecule has 1 saturated carbocycles. The van der Waals surface area contributed by atoms with Crippen molar-refractivity contribution in [3.8, 4) is 0 Å². The van der Waals surface area contributed by atoms with Gasteiger partial charge in [-0.3, -0.25) is 4.79 Å². The lowest BCUT2D eigenvalue weighted by atomic mass is 9.68. The van der Waals surface area contributed by atoms with E-state index in [-0.39, 0.29) is 11.3 Å². The highest BCUT2D eigenvalue weighted by molar-refractivity contribution is 5.83. The molecule has 0 aromatic carbocycles. The summed E-state index contributed by atoms with van der Waals surface area (Å²) in [5, 5.41) is 0. The van der Waals surface area contributed by atoms with Gasteiger partial charge in [-0.25, -0.2) is 0 Å². The Balaban J connectivity index is 2.05. The predicted octanol–water partition coefficient (Wildman–Crippen LogP) is 1.76. The molecule has 1 aliphatic rings. The van der Waals surface area contributed by atoms with E-state index in [4.69, 9.17) is 10.2 Å². The summed E-state index contributed by atoms with van der Waals surface area (Å²) in [4.78, 5) is 14.3. The van der Waals surface area contributed by atoms with Crippen LogP contribution in [0.1, 0.15) is 31.9 Å². The Morgan fingerprint density at radius 2 is 2.35 bits per heavy atom. The van der Waals surface area contributed by atoms with E-state index >= 15 is 0 Å². The fraction of sp³-hybridized carbons (Fsp3) is 0.615. The first-order valence-electron chi connectivity index (χ1n) is 6.23. The molecule has 0 spiro atoms. The first kappa shape index (κ1) is 12.2. The van der Waals surface area contributed by atoms with E-state index in [9.17, 15) is 4.79 Å². The predicted molar refractivity (Wildman–Crippen MR) is 65.1 cm³/mol. The summed E-state index contributed by atoms with van der Waals surface area (Å²) in [7, 11) is 0. The quantitative estimate of drug-likeness (QED) is 0.847. The third-order valence-corrected chi connectivity index (χ3v) is 3.75. The van der Waals surface area contributed by atoms with E-state index in [1.165, 1.54) is 0 Å². The van der Waals surface area contributed by atoms with Crippen LogP contribution < -0.4 is 5.73 Å². The van der Waals surface area contributed by atoms with Crippen molar-refractivity contribution in [1.29, 1.82) is 0 Å². The molecule has 0 unspecified atom stereocenters. The molecule has 17 heavy (non-hydrogen) atoms. The molecule has 1 aromatic heterocycles. The molecule has 1 amide bonds. The van der Waals surface area contributed by atoms with Crippen LogP contribution in [0.4, 0.5) is 0 Å². The standard InChI is InChI=1S/C13H20N2O2/c1-2-15(9-11-5-3-8-17-11)12(16)13(10-14)6-4-7-13/h3,5,8H,2,4,6-7,9-10,14H2,1H3. The topological polar surface area (TPSA) is 59.5 Å². The highest BCUT2D eigenvalue weighted by Gasteiger charge is 2.44. The molecule has 4 heteroatoms. The summed E-state index contributed by atoms with van der Waals surface area (Å²) in [5.74, 6) is 1.01.